The highest BCUT2D eigenvalue weighted by Crippen LogP contribution is 2.31. The Bertz CT molecular complexity index is 900. The molecule has 1 aromatic heterocycles. The lowest BCUT2D eigenvalue weighted by Gasteiger charge is -2.17. The smallest absolute Gasteiger partial charge is 0.191 e. The normalized spacial score (nSPS) is 12.0. The third-order valence-electron chi connectivity index (χ3n) is 4.11. The van der Waals surface area contributed by atoms with Crippen LogP contribution in [0.25, 0.3) is 0 Å². The van der Waals surface area contributed by atoms with E-state index in [0.29, 0.717) is 29.4 Å². The highest BCUT2D eigenvalue weighted by atomic mass is 32.2. The summed E-state index contributed by atoms with van der Waals surface area (Å²) in [6, 6.07) is 14.3. The number of nitrogens with zero attached hydrogens (tertiary/aromatic N) is 3. The lowest BCUT2D eigenvalue weighted by atomic mass is 10.2. The van der Waals surface area contributed by atoms with Crippen molar-refractivity contribution in [2.45, 2.75) is 37.4 Å². The van der Waals surface area contributed by atoms with Crippen LogP contribution in [-0.4, -0.2) is 21.9 Å². The maximum Gasteiger partial charge on any atom is 0.191 e. The highest BCUT2D eigenvalue weighted by molar-refractivity contribution is 7.98. The summed E-state index contributed by atoms with van der Waals surface area (Å²) in [5, 5.41) is 9.33. The van der Waals surface area contributed by atoms with Crippen LogP contribution >= 0.6 is 11.8 Å². The van der Waals surface area contributed by atoms with E-state index in [1.165, 1.54) is 17.8 Å². The van der Waals surface area contributed by atoms with E-state index in [2.05, 4.69) is 10.2 Å². The molecule has 0 saturated heterocycles. The van der Waals surface area contributed by atoms with Gasteiger partial charge in [-0.3, -0.25) is 0 Å². The van der Waals surface area contributed by atoms with Crippen molar-refractivity contribution in [3.63, 3.8) is 0 Å². The van der Waals surface area contributed by atoms with Gasteiger partial charge in [0.15, 0.2) is 28.6 Å². The molecular formula is C20H22FN3O2S. The number of hydrogen-bond acceptors (Lipinski definition) is 5. The zero-order valence-corrected chi connectivity index (χ0v) is 16.4. The number of aromatic nitrogens is 3. The topological polar surface area (TPSA) is 49.2 Å². The summed E-state index contributed by atoms with van der Waals surface area (Å²) < 4.78 is 27.2. The van der Waals surface area contributed by atoms with Gasteiger partial charge in [-0.05, 0) is 37.6 Å². The van der Waals surface area contributed by atoms with Crippen LogP contribution in [0.3, 0.4) is 0 Å². The zero-order chi connectivity index (χ0) is 19.2. The molecule has 0 spiro atoms. The van der Waals surface area contributed by atoms with Crippen LogP contribution in [0.2, 0.25) is 0 Å². The molecule has 0 amide bonds. The van der Waals surface area contributed by atoms with Gasteiger partial charge in [-0.25, -0.2) is 4.39 Å². The maximum absolute atomic E-state index is 13.8. The first-order chi connectivity index (χ1) is 13.1. The molecule has 0 radical (unpaired) electrons. The Kier molecular flexibility index (Phi) is 6.34. The maximum atomic E-state index is 13.8. The standard InChI is InChI=1S/C20H22FN3O2S/c1-4-24-19(14(2)26-18-12-8-7-11-17(18)25-3)22-23-20(24)27-13-15-9-5-6-10-16(15)21/h5-12,14H,4,13H2,1-3H3. The molecule has 3 aromatic rings. The number of thioether (sulfide) groups is 1. The van der Waals surface area contributed by atoms with Crippen molar-refractivity contribution in [1.29, 1.82) is 0 Å². The van der Waals surface area contributed by atoms with Crippen LogP contribution in [-0.2, 0) is 12.3 Å². The van der Waals surface area contributed by atoms with Crippen LogP contribution in [0, 0.1) is 5.82 Å². The summed E-state index contributed by atoms with van der Waals surface area (Å²) in [6.07, 6.45) is -0.309. The fourth-order valence-corrected chi connectivity index (χ4v) is 3.72. The van der Waals surface area contributed by atoms with Crippen LogP contribution in [0.1, 0.15) is 31.3 Å². The third-order valence-corrected chi connectivity index (χ3v) is 5.13. The number of methoxy groups -OCH3 is 1. The predicted octanol–water partition coefficient (Wildman–Crippen LogP) is 4.88. The lowest BCUT2D eigenvalue weighted by molar-refractivity contribution is 0.200. The number of hydrogen-bond donors (Lipinski definition) is 0. The Morgan fingerprint density at radius 2 is 1.78 bits per heavy atom. The van der Waals surface area contributed by atoms with E-state index >= 15 is 0 Å². The molecular weight excluding hydrogens is 365 g/mol. The van der Waals surface area contributed by atoms with Crippen molar-refractivity contribution in [2.24, 2.45) is 0 Å². The predicted molar refractivity (Wildman–Crippen MR) is 104 cm³/mol. The molecule has 1 heterocycles. The Hall–Kier alpha value is -2.54. The van der Waals surface area contributed by atoms with Crippen molar-refractivity contribution in [3.05, 3.63) is 65.7 Å². The average Bonchev–Trinajstić information content (AvgIpc) is 3.11. The van der Waals surface area contributed by atoms with Gasteiger partial charge >= 0.3 is 0 Å². The number of benzene rings is 2. The summed E-state index contributed by atoms with van der Waals surface area (Å²) in [7, 11) is 1.61. The Balaban J connectivity index is 1.76. The van der Waals surface area contributed by atoms with E-state index < -0.39 is 0 Å². The minimum absolute atomic E-state index is 0.208. The molecule has 0 saturated carbocycles. The average molecular weight is 387 g/mol. The number of ether oxygens (including phenoxy) is 2. The van der Waals surface area contributed by atoms with Gasteiger partial charge in [-0.15, -0.1) is 10.2 Å². The highest BCUT2D eigenvalue weighted by Gasteiger charge is 2.20. The van der Waals surface area contributed by atoms with E-state index in [4.69, 9.17) is 9.47 Å². The fourth-order valence-electron chi connectivity index (χ4n) is 2.72. The van der Waals surface area contributed by atoms with E-state index in [9.17, 15) is 4.39 Å². The molecule has 0 aliphatic heterocycles. The molecule has 3 rings (SSSR count). The molecule has 5 nitrogen and oxygen atoms in total. The number of rotatable bonds is 8. The SMILES string of the molecule is CCn1c(SCc2ccccc2F)nnc1C(C)Oc1ccccc1OC. The van der Waals surface area contributed by atoms with Gasteiger partial charge in [0.2, 0.25) is 0 Å². The second-order valence-electron chi connectivity index (χ2n) is 5.88. The monoisotopic (exact) mass is 387 g/mol. The van der Waals surface area contributed by atoms with Gasteiger partial charge in [0.25, 0.3) is 0 Å². The molecule has 1 atom stereocenters. The molecule has 7 heteroatoms. The second kappa shape index (κ2) is 8.90. The minimum Gasteiger partial charge on any atom is -0.493 e. The lowest BCUT2D eigenvalue weighted by Crippen LogP contribution is -2.12. The van der Waals surface area contributed by atoms with E-state index in [-0.39, 0.29) is 11.9 Å². The van der Waals surface area contributed by atoms with Crippen molar-refractivity contribution in [3.8, 4) is 11.5 Å². The number of halogens is 1. The third kappa shape index (κ3) is 4.42. The summed E-state index contributed by atoms with van der Waals surface area (Å²) in [4.78, 5) is 0. The van der Waals surface area contributed by atoms with E-state index in [1.54, 1.807) is 19.2 Å². The molecule has 142 valence electrons. The van der Waals surface area contributed by atoms with Gasteiger partial charge in [0, 0.05) is 12.3 Å². The molecule has 27 heavy (non-hydrogen) atoms. The van der Waals surface area contributed by atoms with Crippen molar-refractivity contribution >= 4 is 11.8 Å². The first-order valence-electron chi connectivity index (χ1n) is 8.73. The summed E-state index contributed by atoms with van der Waals surface area (Å²) in [5.74, 6) is 2.33. The molecule has 0 fully saturated rings. The van der Waals surface area contributed by atoms with Gasteiger partial charge in [-0.1, -0.05) is 42.1 Å². The molecule has 0 aliphatic rings. The molecule has 0 aliphatic carbocycles. The summed E-state index contributed by atoms with van der Waals surface area (Å²) in [5.41, 5.74) is 0.646. The first-order valence-corrected chi connectivity index (χ1v) is 9.71. The minimum atomic E-state index is -0.309. The van der Waals surface area contributed by atoms with Gasteiger partial charge < -0.3 is 14.0 Å². The van der Waals surface area contributed by atoms with Crippen LogP contribution in [0.5, 0.6) is 11.5 Å². The molecule has 0 bridgehead atoms. The molecule has 0 N–H and O–H groups in total. The zero-order valence-electron chi connectivity index (χ0n) is 15.6. The first kappa shape index (κ1) is 19.2. The van der Waals surface area contributed by atoms with Crippen molar-refractivity contribution in [1.82, 2.24) is 14.8 Å². The van der Waals surface area contributed by atoms with Crippen LogP contribution in [0.4, 0.5) is 4.39 Å². The Labute approximate surface area is 162 Å². The summed E-state index contributed by atoms with van der Waals surface area (Å²) >= 11 is 1.46. The molecule has 2 aromatic carbocycles. The van der Waals surface area contributed by atoms with Gasteiger partial charge in [0.05, 0.1) is 7.11 Å². The fraction of sp³-hybridized carbons (Fsp3) is 0.300. The number of para-hydroxylation sites is 2. The van der Waals surface area contributed by atoms with Crippen LogP contribution in [0.15, 0.2) is 53.7 Å². The van der Waals surface area contributed by atoms with Crippen molar-refractivity contribution in [2.75, 3.05) is 7.11 Å². The largest absolute Gasteiger partial charge is 0.493 e. The Morgan fingerprint density at radius 3 is 2.48 bits per heavy atom. The second-order valence-corrected chi connectivity index (χ2v) is 6.82. The van der Waals surface area contributed by atoms with Crippen molar-refractivity contribution < 1.29 is 13.9 Å². The van der Waals surface area contributed by atoms with Gasteiger partial charge in [-0.2, -0.15) is 0 Å². The Morgan fingerprint density at radius 1 is 1.07 bits per heavy atom. The molecule has 1 unspecified atom stereocenters. The van der Waals surface area contributed by atoms with Gasteiger partial charge in [0.1, 0.15) is 5.82 Å². The van der Waals surface area contributed by atoms with E-state index in [0.717, 1.165) is 11.0 Å². The quantitative estimate of drug-likeness (QED) is 0.516. The van der Waals surface area contributed by atoms with E-state index in [1.807, 2.05) is 48.7 Å². The van der Waals surface area contributed by atoms with Crippen LogP contribution < -0.4 is 9.47 Å². The summed E-state index contributed by atoms with van der Waals surface area (Å²) in [6.45, 7) is 4.64.